The van der Waals surface area contributed by atoms with Crippen LogP contribution in [0.3, 0.4) is 0 Å². The largest absolute Gasteiger partial charge is 0.335 e. The Morgan fingerprint density at radius 3 is 2.71 bits per heavy atom. The Balaban J connectivity index is 1.67. The monoisotopic (exact) mass is 399 g/mol. The van der Waals surface area contributed by atoms with E-state index in [1.807, 2.05) is 0 Å². The highest BCUT2D eigenvalue weighted by Crippen LogP contribution is 2.22. The van der Waals surface area contributed by atoms with Crippen LogP contribution in [0.4, 0.5) is 4.39 Å². The first-order chi connectivity index (χ1) is 13.5. The molecule has 1 aliphatic heterocycles. The molecule has 1 fully saturated rings. The molecule has 2 atom stereocenters. The predicted molar refractivity (Wildman–Crippen MR) is 103 cm³/mol. The average molecular weight is 400 g/mol. The Bertz CT molecular complexity index is 911. The van der Waals surface area contributed by atoms with Gasteiger partial charge < -0.3 is 10.2 Å². The second kappa shape index (κ2) is 8.85. The molecule has 7 heteroatoms. The van der Waals surface area contributed by atoms with Crippen LogP contribution in [-0.2, 0) is 16.0 Å². The van der Waals surface area contributed by atoms with Gasteiger partial charge >= 0.3 is 0 Å². The molecule has 0 aliphatic carbocycles. The van der Waals surface area contributed by atoms with Gasteiger partial charge in [-0.25, -0.2) is 4.39 Å². The minimum atomic E-state index is -0.846. The van der Waals surface area contributed by atoms with Crippen molar-refractivity contribution in [3.63, 3.8) is 0 Å². The van der Waals surface area contributed by atoms with Gasteiger partial charge in [0.05, 0.1) is 12.5 Å². The number of rotatable bonds is 5. The SMILES string of the molecule is N#CC(NC(=O)[C@@H]1CCCN1C(=O)Cc1ccc(F)cc1)c1cccc(Cl)c1. The van der Waals surface area contributed by atoms with E-state index in [0.29, 0.717) is 35.5 Å². The summed E-state index contributed by atoms with van der Waals surface area (Å²) in [5, 5.41) is 12.6. The van der Waals surface area contributed by atoms with Gasteiger partial charge in [-0.3, -0.25) is 9.59 Å². The van der Waals surface area contributed by atoms with Crippen LogP contribution < -0.4 is 5.32 Å². The van der Waals surface area contributed by atoms with E-state index in [2.05, 4.69) is 11.4 Å². The Labute approximate surface area is 167 Å². The molecule has 1 heterocycles. The lowest BCUT2D eigenvalue weighted by molar-refractivity contribution is -0.138. The quantitative estimate of drug-likeness (QED) is 0.837. The van der Waals surface area contributed by atoms with Gasteiger partial charge in [-0.2, -0.15) is 5.26 Å². The van der Waals surface area contributed by atoms with Crippen molar-refractivity contribution in [3.8, 4) is 6.07 Å². The van der Waals surface area contributed by atoms with Crippen LogP contribution in [-0.4, -0.2) is 29.3 Å². The summed E-state index contributed by atoms with van der Waals surface area (Å²) < 4.78 is 13.0. The van der Waals surface area contributed by atoms with Gasteiger partial charge in [0.25, 0.3) is 0 Å². The lowest BCUT2D eigenvalue weighted by atomic mass is 10.1. The highest BCUT2D eigenvalue weighted by Gasteiger charge is 2.34. The highest BCUT2D eigenvalue weighted by atomic mass is 35.5. The summed E-state index contributed by atoms with van der Waals surface area (Å²) >= 11 is 5.96. The first-order valence-corrected chi connectivity index (χ1v) is 9.35. The maximum Gasteiger partial charge on any atom is 0.244 e. The molecule has 0 spiro atoms. The maximum absolute atomic E-state index is 13.0. The molecule has 1 N–H and O–H groups in total. The number of nitriles is 1. The smallest absolute Gasteiger partial charge is 0.244 e. The van der Waals surface area contributed by atoms with Crippen LogP contribution in [0.5, 0.6) is 0 Å². The fraction of sp³-hybridized carbons (Fsp3) is 0.286. The molecule has 1 aliphatic rings. The van der Waals surface area contributed by atoms with Crippen LogP contribution in [0.1, 0.15) is 30.0 Å². The number of carbonyl (C=O) groups is 2. The van der Waals surface area contributed by atoms with E-state index in [9.17, 15) is 19.2 Å². The number of nitrogens with one attached hydrogen (secondary N) is 1. The second-order valence-electron chi connectivity index (χ2n) is 6.67. The molecule has 0 saturated carbocycles. The summed E-state index contributed by atoms with van der Waals surface area (Å²) in [7, 11) is 0. The molecule has 144 valence electrons. The number of halogens is 2. The van der Waals surface area contributed by atoms with Gasteiger partial charge in [0.1, 0.15) is 17.9 Å². The van der Waals surface area contributed by atoms with E-state index in [1.54, 1.807) is 36.4 Å². The van der Waals surface area contributed by atoms with E-state index >= 15 is 0 Å². The molecule has 5 nitrogen and oxygen atoms in total. The molecular formula is C21H19ClFN3O2. The van der Waals surface area contributed by atoms with Crippen molar-refractivity contribution < 1.29 is 14.0 Å². The van der Waals surface area contributed by atoms with Gasteiger partial charge in [-0.1, -0.05) is 35.9 Å². The standard InChI is InChI=1S/C21H19ClFN3O2/c22-16-4-1-3-15(12-16)18(13-24)25-21(28)19-5-2-10-26(19)20(27)11-14-6-8-17(23)9-7-14/h1,3-4,6-9,12,18-19H,2,5,10-11H2,(H,25,28)/t18?,19-/m0/s1. The zero-order valence-corrected chi connectivity index (χ0v) is 15.8. The third-order valence-electron chi connectivity index (χ3n) is 4.74. The molecule has 2 amide bonds. The maximum atomic E-state index is 13.0. The Morgan fingerprint density at radius 2 is 2.04 bits per heavy atom. The topological polar surface area (TPSA) is 73.2 Å². The van der Waals surface area contributed by atoms with Crippen molar-refractivity contribution in [1.82, 2.24) is 10.2 Å². The van der Waals surface area contributed by atoms with E-state index in [1.165, 1.54) is 17.0 Å². The van der Waals surface area contributed by atoms with Gasteiger partial charge in [0, 0.05) is 11.6 Å². The van der Waals surface area contributed by atoms with E-state index in [4.69, 9.17) is 11.6 Å². The van der Waals surface area contributed by atoms with Crippen molar-refractivity contribution in [2.45, 2.75) is 31.3 Å². The fourth-order valence-electron chi connectivity index (χ4n) is 3.33. The third-order valence-corrected chi connectivity index (χ3v) is 4.98. The molecule has 28 heavy (non-hydrogen) atoms. The first kappa shape index (κ1) is 19.8. The van der Waals surface area contributed by atoms with E-state index in [0.717, 1.165) is 0 Å². The summed E-state index contributed by atoms with van der Waals surface area (Å²) in [6.07, 6.45) is 1.34. The number of hydrogen-bond acceptors (Lipinski definition) is 3. The van der Waals surface area contributed by atoms with Crippen molar-refractivity contribution in [1.29, 1.82) is 5.26 Å². The second-order valence-corrected chi connectivity index (χ2v) is 7.11. The van der Waals surface area contributed by atoms with Crippen molar-refractivity contribution >= 4 is 23.4 Å². The molecule has 0 aromatic heterocycles. The molecule has 2 aromatic carbocycles. The fourth-order valence-corrected chi connectivity index (χ4v) is 3.53. The molecule has 2 aromatic rings. The van der Waals surface area contributed by atoms with Crippen molar-refractivity contribution in [3.05, 3.63) is 70.5 Å². The predicted octanol–water partition coefficient (Wildman–Crippen LogP) is 3.39. The van der Waals surface area contributed by atoms with Crippen LogP contribution in [0, 0.1) is 17.1 Å². The summed E-state index contributed by atoms with van der Waals surface area (Å²) in [6.45, 7) is 0.479. The average Bonchev–Trinajstić information content (AvgIpc) is 3.18. The molecular weight excluding hydrogens is 381 g/mol. The Kier molecular flexibility index (Phi) is 6.27. The zero-order valence-electron chi connectivity index (χ0n) is 15.1. The summed E-state index contributed by atoms with van der Waals surface area (Å²) in [4.78, 5) is 26.9. The van der Waals surface area contributed by atoms with Crippen molar-refractivity contribution in [2.24, 2.45) is 0 Å². The van der Waals surface area contributed by atoms with Crippen LogP contribution in [0.25, 0.3) is 0 Å². The summed E-state index contributed by atoms with van der Waals surface area (Å²) in [6, 6.07) is 13.1. The van der Waals surface area contributed by atoms with Gasteiger partial charge in [0.2, 0.25) is 11.8 Å². The lowest BCUT2D eigenvalue weighted by Crippen LogP contribution is -2.47. The Hall–Kier alpha value is -2.91. The van der Waals surface area contributed by atoms with Gasteiger partial charge in [-0.05, 0) is 48.2 Å². The van der Waals surface area contributed by atoms with Crippen LogP contribution >= 0.6 is 11.6 Å². The van der Waals surface area contributed by atoms with Crippen molar-refractivity contribution in [2.75, 3.05) is 6.54 Å². The zero-order chi connectivity index (χ0) is 20.1. The Morgan fingerprint density at radius 1 is 1.29 bits per heavy atom. The number of hydrogen-bond donors (Lipinski definition) is 1. The highest BCUT2D eigenvalue weighted by molar-refractivity contribution is 6.30. The minimum absolute atomic E-state index is 0.0973. The normalized spacial score (nSPS) is 17.0. The first-order valence-electron chi connectivity index (χ1n) is 8.97. The molecule has 3 rings (SSSR count). The number of nitrogens with zero attached hydrogens (tertiary/aromatic N) is 2. The summed E-state index contributed by atoms with van der Waals surface area (Å²) in [5.41, 5.74) is 1.27. The number of likely N-dealkylation sites (tertiary alicyclic amines) is 1. The van der Waals surface area contributed by atoms with Gasteiger partial charge in [-0.15, -0.1) is 0 Å². The summed E-state index contributed by atoms with van der Waals surface area (Å²) in [5.74, 6) is -0.921. The lowest BCUT2D eigenvalue weighted by Gasteiger charge is -2.25. The van der Waals surface area contributed by atoms with E-state index in [-0.39, 0.29) is 24.1 Å². The molecule has 1 saturated heterocycles. The molecule has 0 radical (unpaired) electrons. The number of carbonyl (C=O) groups excluding carboxylic acids is 2. The molecule has 1 unspecified atom stereocenters. The number of benzene rings is 2. The minimum Gasteiger partial charge on any atom is -0.335 e. The van der Waals surface area contributed by atoms with Crippen LogP contribution in [0.15, 0.2) is 48.5 Å². The van der Waals surface area contributed by atoms with Gasteiger partial charge in [0.15, 0.2) is 0 Å². The number of amides is 2. The molecule has 0 bridgehead atoms. The van der Waals surface area contributed by atoms with Crippen LogP contribution in [0.2, 0.25) is 5.02 Å². The third kappa shape index (κ3) is 4.68. The van der Waals surface area contributed by atoms with E-state index < -0.39 is 12.1 Å².